The van der Waals surface area contributed by atoms with Gasteiger partial charge in [-0.05, 0) is 29.8 Å². The zero-order chi connectivity index (χ0) is 14.4. The molecule has 0 saturated carbocycles. The van der Waals surface area contributed by atoms with Crippen LogP contribution in [0.5, 0.6) is 5.75 Å². The fraction of sp³-hybridized carbons (Fsp3) is 0.188. The largest absolute Gasteiger partial charge is 0.479 e. The van der Waals surface area contributed by atoms with E-state index < -0.39 is 12.1 Å². The maximum absolute atomic E-state index is 11.0. The number of hydrogen-bond donors (Lipinski definition) is 2. The van der Waals surface area contributed by atoms with Crippen LogP contribution in [0.3, 0.4) is 0 Å². The maximum Gasteiger partial charge on any atom is 0.344 e. The van der Waals surface area contributed by atoms with Crippen molar-refractivity contribution >= 4 is 5.97 Å². The van der Waals surface area contributed by atoms with E-state index in [9.17, 15) is 4.79 Å². The first-order valence-corrected chi connectivity index (χ1v) is 6.45. The summed E-state index contributed by atoms with van der Waals surface area (Å²) in [7, 11) is 0. The highest BCUT2D eigenvalue weighted by atomic mass is 16.5. The standard InChI is InChI=1S/C16H17NO3/c17-11-10-15(16(18)19)20-14-8-6-13(7-9-14)12-4-2-1-3-5-12/h1-9,15H,10-11,17H2,(H,18,19). The van der Waals surface area contributed by atoms with Crippen LogP contribution in [0.15, 0.2) is 54.6 Å². The first kappa shape index (κ1) is 14.1. The van der Waals surface area contributed by atoms with E-state index in [4.69, 9.17) is 15.6 Å². The lowest BCUT2D eigenvalue weighted by Gasteiger charge is -2.14. The van der Waals surface area contributed by atoms with E-state index in [-0.39, 0.29) is 13.0 Å². The van der Waals surface area contributed by atoms with Crippen molar-refractivity contribution in [3.63, 3.8) is 0 Å². The van der Waals surface area contributed by atoms with E-state index >= 15 is 0 Å². The fourth-order valence-electron chi connectivity index (χ4n) is 1.91. The van der Waals surface area contributed by atoms with Crippen LogP contribution in [0.2, 0.25) is 0 Å². The smallest absolute Gasteiger partial charge is 0.344 e. The Morgan fingerprint density at radius 3 is 2.20 bits per heavy atom. The molecule has 4 nitrogen and oxygen atoms in total. The number of hydrogen-bond acceptors (Lipinski definition) is 3. The number of carboxylic acids is 1. The molecule has 2 aromatic carbocycles. The molecule has 0 aliphatic carbocycles. The molecular weight excluding hydrogens is 254 g/mol. The van der Waals surface area contributed by atoms with Crippen LogP contribution in [0.4, 0.5) is 0 Å². The summed E-state index contributed by atoms with van der Waals surface area (Å²) in [5.74, 6) is -0.465. The minimum Gasteiger partial charge on any atom is -0.479 e. The molecule has 0 fully saturated rings. The topological polar surface area (TPSA) is 72.5 Å². The third-order valence-electron chi connectivity index (χ3n) is 2.94. The van der Waals surface area contributed by atoms with Crippen molar-refractivity contribution in [2.24, 2.45) is 5.73 Å². The van der Waals surface area contributed by atoms with E-state index in [2.05, 4.69) is 0 Å². The lowest BCUT2D eigenvalue weighted by atomic mass is 10.1. The fourth-order valence-corrected chi connectivity index (χ4v) is 1.91. The Morgan fingerprint density at radius 2 is 1.65 bits per heavy atom. The number of ether oxygens (including phenoxy) is 1. The average molecular weight is 271 g/mol. The van der Waals surface area contributed by atoms with Gasteiger partial charge in [0.25, 0.3) is 0 Å². The normalized spacial score (nSPS) is 11.8. The van der Waals surface area contributed by atoms with E-state index in [0.717, 1.165) is 11.1 Å². The number of carbonyl (C=O) groups is 1. The zero-order valence-corrected chi connectivity index (χ0v) is 11.0. The van der Waals surface area contributed by atoms with Gasteiger partial charge in [0, 0.05) is 6.42 Å². The monoisotopic (exact) mass is 271 g/mol. The SMILES string of the molecule is NCCC(Oc1ccc(-c2ccccc2)cc1)C(=O)O. The molecule has 0 aliphatic rings. The Hall–Kier alpha value is -2.33. The highest BCUT2D eigenvalue weighted by Gasteiger charge is 2.18. The second-order valence-electron chi connectivity index (χ2n) is 4.41. The molecule has 0 bridgehead atoms. The van der Waals surface area contributed by atoms with Crippen LogP contribution in [-0.4, -0.2) is 23.7 Å². The molecule has 1 atom stereocenters. The van der Waals surface area contributed by atoms with Gasteiger partial charge in [-0.2, -0.15) is 0 Å². The summed E-state index contributed by atoms with van der Waals surface area (Å²) in [6.45, 7) is 0.277. The molecule has 2 aromatic rings. The Balaban J connectivity index is 2.10. The number of nitrogens with two attached hydrogens (primary N) is 1. The Morgan fingerprint density at radius 1 is 1.05 bits per heavy atom. The third-order valence-corrected chi connectivity index (χ3v) is 2.94. The predicted molar refractivity (Wildman–Crippen MR) is 77.6 cm³/mol. The average Bonchev–Trinajstić information content (AvgIpc) is 2.48. The predicted octanol–water partition coefficient (Wildman–Crippen LogP) is 2.53. The van der Waals surface area contributed by atoms with E-state index in [1.54, 1.807) is 12.1 Å². The number of aliphatic carboxylic acids is 1. The molecule has 0 aromatic heterocycles. The molecule has 104 valence electrons. The van der Waals surface area contributed by atoms with Crippen molar-refractivity contribution < 1.29 is 14.6 Å². The molecule has 20 heavy (non-hydrogen) atoms. The van der Waals surface area contributed by atoms with Gasteiger partial charge in [-0.1, -0.05) is 42.5 Å². The summed E-state index contributed by atoms with van der Waals surface area (Å²) in [6.07, 6.45) is -0.613. The van der Waals surface area contributed by atoms with Crippen LogP contribution in [0.25, 0.3) is 11.1 Å². The van der Waals surface area contributed by atoms with E-state index in [1.165, 1.54) is 0 Å². The number of carboxylic acid groups (broad SMARTS) is 1. The minimum absolute atomic E-state index is 0.277. The lowest BCUT2D eigenvalue weighted by Crippen LogP contribution is -2.29. The minimum atomic E-state index is -0.998. The molecule has 0 radical (unpaired) electrons. The summed E-state index contributed by atoms with van der Waals surface area (Å²) < 4.78 is 5.43. The lowest BCUT2D eigenvalue weighted by molar-refractivity contribution is -0.145. The Bertz CT molecular complexity index is 552. The Labute approximate surface area is 117 Å². The molecular formula is C16H17NO3. The van der Waals surface area contributed by atoms with Gasteiger partial charge in [0.1, 0.15) is 5.75 Å². The molecule has 1 unspecified atom stereocenters. The number of rotatable bonds is 6. The van der Waals surface area contributed by atoms with Gasteiger partial charge >= 0.3 is 5.97 Å². The van der Waals surface area contributed by atoms with Gasteiger partial charge in [0.15, 0.2) is 6.10 Å². The Kier molecular flexibility index (Phi) is 4.74. The first-order valence-electron chi connectivity index (χ1n) is 6.45. The van der Waals surface area contributed by atoms with Crippen molar-refractivity contribution in [1.82, 2.24) is 0 Å². The molecule has 0 amide bonds. The molecule has 3 N–H and O–H groups in total. The van der Waals surface area contributed by atoms with Crippen molar-refractivity contribution in [2.75, 3.05) is 6.54 Å². The van der Waals surface area contributed by atoms with Crippen LogP contribution in [-0.2, 0) is 4.79 Å². The van der Waals surface area contributed by atoms with Crippen LogP contribution in [0, 0.1) is 0 Å². The third kappa shape index (κ3) is 3.59. The van der Waals surface area contributed by atoms with Crippen molar-refractivity contribution in [3.8, 4) is 16.9 Å². The van der Waals surface area contributed by atoms with Gasteiger partial charge in [0.2, 0.25) is 0 Å². The van der Waals surface area contributed by atoms with Gasteiger partial charge in [-0.3, -0.25) is 0 Å². The first-order chi connectivity index (χ1) is 9.70. The summed E-state index contributed by atoms with van der Waals surface area (Å²) in [5, 5.41) is 9.02. The molecule has 0 aliphatic heterocycles. The molecule has 0 saturated heterocycles. The summed E-state index contributed by atoms with van der Waals surface area (Å²) in [4.78, 5) is 11.0. The highest BCUT2D eigenvalue weighted by molar-refractivity contribution is 5.73. The van der Waals surface area contributed by atoms with Crippen molar-refractivity contribution in [1.29, 1.82) is 0 Å². The van der Waals surface area contributed by atoms with Crippen LogP contribution < -0.4 is 10.5 Å². The molecule has 4 heteroatoms. The summed E-state index contributed by atoms with van der Waals surface area (Å²) in [6, 6.07) is 17.3. The number of benzene rings is 2. The second kappa shape index (κ2) is 6.73. The molecule has 0 heterocycles. The van der Waals surface area contributed by atoms with E-state index in [0.29, 0.717) is 5.75 Å². The summed E-state index contributed by atoms with van der Waals surface area (Å²) >= 11 is 0. The van der Waals surface area contributed by atoms with Gasteiger partial charge in [0.05, 0.1) is 0 Å². The quantitative estimate of drug-likeness (QED) is 0.846. The van der Waals surface area contributed by atoms with Gasteiger partial charge < -0.3 is 15.6 Å². The summed E-state index contributed by atoms with van der Waals surface area (Å²) in [5.41, 5.74) is 7.54. The second-order valence-corrected chi connectivity index (χ2v) is 4.41. The zero-order valence-electron chi connectivity index (χ0n) is 11.0. The van der Waals surface area contributed by atoms with Crippen LogP contribution >= 0.6 is 0 Å². The van der Waals surface area contributed by atoms with Crippen molar-refractivity contribution in [3.05, 3.63) is 54.6 Å². The van der Waals surface area contributed by atoms with Gasteiger partial charge in [-0.15, -0.1) is 0 Å². The molecule has 0 spiro atoms. The van der Waals surface area contributed by atoms with Crippen molar-refractivity contribution in [2.45, 2.75) is 12.5 Å². The van der Waals surface area contributed by atoms with Crippen LogP contribution in [0.1, 0.15) is 6.42 Å². The van der Waals surface area contributed by atoms with Gasteiger partial charge in [-0.25, -0.2) is 4.79 Å². The molecule has 2 rings (SSSR count). The van der Waals surface area contributed by atoms with E-state index in [1.807, 2.05) is 42.5 Å². The maximum atomic E-state index is 11.0. The highest BCUT2D eigenvalue weighted by Crippen LogP contribution is 2.22.